The van der Waals surface area contributed by atoms with E-state index in [1.54, 1.807) is 0 Å². The van der Waals surface area contributed by atoms with E-state index in [9.17, 15) is 32.3 Å². The Morgan fingerprint density at radius 2 is 1.79 bits per heavy atom. The Morgan fingerprint density at radius 3 is 2.36 bits per heavy atom. The molecular weight excluding hydrogens is 568 g/mol. The van der Waals surface area contributed by atoms with Crippen LogP contribution in [0, 0.1) is 0 Å². The summed E-state index contributed by atoms with van der Waals surface area (Å²) in [5, 5.41) is 2.54. The van der Waals surface area contributed by atoms with Gasteiger partial charge in [0, 0.05) is 25.4 Å². The summed E-state index contributed by atoms with van der Waals surface area (Å²) in [6, 6.07) is 4.77. The second-order valence-electron chi connectivity index (χ2n) is 9.09. The minimum absolute atomic E-state index is 0.0427. The second kappa shape index (κ2) is 10.5. The van der Waals surface area contributed by atoms with Gasteiger partial charge in [0.2, 0.25) is 11.8 Å². The molecule has 2 fully saturated rings. The molecule has 16 heteroatoms. The average Bonchev–Trinajstić information content (AvgIpc) is 3.25. The highest BCUT2D eigenvalue weighted by molar-refractivity contribution is 6.33. The second-order valence-corrected chi connectivity index (χ2v) is 9.86. The first-order valence-corrected chi connectivity index (χ1v) is 12.1. The van der Waals surface area contributed by atoms with Gasteiger partial charge in [0.05, 0.1) is 18.2 Å². The van der Waals surface area contributed by atoms with Crippen LogP contribution in [0.5, 0.6) is 5.75 Å². The number of hydrogen-bond acceptors (Lipinski definition) is 7. The number of hydrogen-bond donors (Lipinski definition) is 3. The van der Waals surface area contributed by atoms with Crippen LogP contribution < -0.4 is 26.4 Å². The molecule has 3 atom stereocenters. The summed E-state index contributed by atoms with van der Waals surface area (Å²) in [6.45, 7) is -0.0829. The van der Waals surface area contributed by atoms with E-state index in [1.807, 2.05) is 0 Å². The van der Waals surface area contributed by atoms with E-state index in [2.05, 4.69) is 15.0 Å². The summed E-state index contributed by atoms with van der Waals surface area (Å²) in [7, 11) is 0. The molecule has 0 saturated carbocycles. The third kappa shape index (κ3) is 6.02. The first-order chi connectivity index (χ1) is 18.2. The van der Waals surface area contributed by atoms with Crippen LogP contribution in [0.3, 0.4) is 0 Å². The zero-order valence-corrected chi connectivity index (χ0v) is 21.4. The summed E-state index contributed by atoms with van der Waals surface area (Å²) in [4.78, 5) is 57.0. The molecular formula is C23H21Cl2F3N6O5. The number of rotatable bonds is 8. The maximum Gasteiger partial charge on any atom is 0.573 e. The average molecular weight is 589 g/mol. The van der Waals surface area contributed by atoms with Gasteiger partial charge in [0.25, 0.3) is 5.91 Å². The summed E-state index contributed by atoms with van der Waals surface area (Å²) in [6.07, 6.45) is -5.42. The fourth-order valence-corrected chi connectivity index (χ4v) is 5.19. The number of urea groups is 1. The number of anilines is 1. The Labute approximate surface area is 229 Å². The highest BCUT2D eigenvalue weighted by atomic mass is 35.5. The van der Waals surface area contributed by atoms with Gasteiger partial charge in [0.1, 0.15) is 21.6 Å². The van der Waals surface area contributed by atoms with Crippen molar-refractivity contribution in [3.05, 3.63) is 52.3 Å². The maximum absolute atomic E-state index is 13.9. The number of primary amides is 1. The molecule has 208 valence electrons. The highest BCUT2D eigenvalue weighted by Crippen LogP contribution is 2.43. The lowest BCUT2D eigenvalue weighted by Gasteiger charge is -2.28. The zero-order chi connectivity index (χ0) is 28.7. The van der Waals surface area contributed by atoms with Crippen LogP contribution in [0.25, 0.3) is 0 Å². The van der Waals surface area contributed by atoms with Gasteiger partial charge >= 0.3 is 12.4 Å². The Kier molecular flexibility index (Phi) is 7.65. The number of nitrogens with one attached hydrogen (secondary N) is 1. The number of pyridine rings is 1. The summed E-state index contributed by atoms with van der Waals surface area (Å²) in [5.41, 5.74) is 9.63. The number of alkyl halides is 3. The molecule has 2 aliphatic heterocycles. The van der Waals surface area contributed by atoms with E-state index in [0.717, 1.165) is 17.0 Å². The van der Waals surface area contributed by atoms with E-state index in [0.29, 0.717) is 5.56 Å². The van der Waals surface area contributed by atoms with Crippen molar-refractivity contribution in [2.45, 2.75) is 43.2 Å². The molecule has 0 spiro atoms. The monoisotopic (exact) mass is 588 g/mol. The minimum atomic E-state index is -4.88. The predicted octanol–water partition coefficient (Wildman–Crippen LogP) is 2.13. The number of imide groups is 1. The lowest BCUT2D eigenvalue weighted by molar-refractivity contribution is -0.274. The molecule has 5 amide bonds. The predicted molar refractivity (Wildman–Crippen MR) is 132 cm³/mol. The van der Waals surface area contributed by atoms with Crippen molar-refractivity contribution < 1.29 is 37.1 Å². The van der Waals surface area contributed by atoms with Crippen molar-refractivity contribution >= 4 is 52.6 Å². The van der Waals surface area contributed by atoms with Crippen molar-refractivity contribution in [1.82, 2.24) is 15.2 Å². The summed E-state index contributed by atoms with van der Waals surface area (Å²) < 4.78 is 41.6. The molecule has 11 nitrogen and oxygen atoms in total. The topological polar surface area (TPSA) is 161 Å². The first kappa shape index (κ1) is 28.4. The normalized spacial score (nSPS) is 21.6. The minimum Gasteiger partial charge on any atom is -0.406 e. The molecule has 1 aromatic heterocycles. The van der Waals surface area contributed by atoms with Gasteiger partial charge in [-0.1, -0.05) is 35.3 Å². The van der Waals surface area contributed by atoms with E-state index >= 15 is 0 Å². The number of amides is 5. The number of nitrogens with two attached hydrogens (primary N) is 2. The molecule has 3 heterocycles. The van der Waals surface area contributed by atoms with E-state index in [-0.39, 0.29) is 35.4 Å². The molecule has 1 aromatic carbocycles. The standard InChI is InChI=1S/C23H21Cl2F3N6O5/c24-16-5-13(6-17(25)32-16)34-20(37)22(8-11-1-3-14(4-2-11)39-23(26,27)28)9-12(10-33(22)21(34)38)31-18(35)7-15(29)19(30)36/h1-6,12,15H,7-10,29H2,(H2,30,36)(H,31,35)/t12-,15?,22+/m0/s1. The number of halogens is 5. The first-order valence-electron chi connectivity index (χ1n) is 11.4. The number of nitrogens with zero attached hydrogens (tertiary/aromatic N) is 3. The summed E-state index contributed by atoms with van der Waals surface area (Å²) in [5.74, 6) is -2.60. The lowest BCUT2D eigenvalue weighted by atomic mass is 9.87. The molecule has 2 aliphatic rings. The molecule has 0 radical (unpaired) electrons. The van der Waals surface area contributed by atoms with E-state index in [4.69, 9.17) is 34.7 Å². The van der Waals surface area contributed by atoms with Crippen LogP contribution in [-0.4, -0.2) is 64.2 Å². The Morgan fingerprint density at radius 1 is 1.18 bits per heavy atom. The van der Waals surface area contributed by atoms with Crippen LogP contribution in [0.4, 0.5) is 23.7 Å². The van der Waals surface area contributed by atoms with Gasteiger partial charge < -0.3 is 26.4 Å². The molecule has 2 saturated heterocycles. The number of aromatic nitrogens is 1. The molecule has 0 bridgehead atoms. The Balaban J connectivity index is 1.64. The van der Waals surface area contributed by atoms with Crippen molar-refractivity contribution in [2.24, 2.45) is 11.5 Å². The third-order valence-corrected chi connectivity index (χ3v) is 6.71. The Bertz CT molecular complexity index is 1310. The van der Waals surface area contributed by atoms with Gasteiger partial charge in [0.15, 0.2) is 0 Å². The van der Waals surface area contributed by atoms with Crippen molar-refractivity contribution in [3.8, 4) is 5.75 Å². The molecule has 2 aromatic rings. The smallest absolute Gasteiger partial charge is 0.406 e. The molecule has 0 aliphatic carbocycles. The van der Waals surface area contributed by atoms with Crippen molar-refractivity contribution in [3.63, 3.8) is 0 Å². The lowest BCUT2D eigenvalue weighted by Crippen LogP contribution is -2.47. The maximum atomic E-state index is 13.9. The number of carbonyl (C=O) groups is 4. The molecule has 1 unspecified atom stereocenters. The van der Waals surface area contributed by atoms with Gasteiger partial charge in [-0.25, -0.2) is 14.7 Å². The van der Waals surface area contributed by atoms with Gasteiger partial charge in [-0.3, -0.25) is 14.4 Å². The largest absolute Gasteiger partial charge is 0.573 e. The molecule has 5 N–H and O–H groups in total. The number of benzene rings is 1. The fraction of sp³-hybridized carbons (Fsp3) is 0.348. The van der Waals surface area contributed by atoms with Crippen LogP contribution in [0.2, 0.25) is 10.3 Å². The van der Waals surface area contributed by atoms with Crippen LogP contribution >= 0.6 is 23.2 Å². The van der Waals surface area contributed by atoms with Crippen LogP contribution in [0.1, 0.15) is 18.4 Å². The number of ether oxygens (including phenoxy) is 1. The Hall–Kier alpha value is -3.62. The third-order valence-electron chi connectivity index (χ3n) is 6.32. The SMILES string of the molecule is NC(=O)C(N)CC(=O)N[C@@H]1CN2C(=O)N(c3cc(Cl)nc(Cl)c3)C(=O)[C@@]2(Cc2ccc(OC(F)(F)F)cc2)C1. The van der Waals surface area contributed by atoms with Gasteiger partial charge in [-0.05, 0) is 29.8 Å². The highest BCUT2D eigenvalue weighted by Gasteiger charge is 2.62. The van der Waals surface area contributed by atoms with Gasteiger partial charge in [-0.15, -0.1) is 13.2 Å². The number of fused-ring (bicyclic) bond motifs is 1. The quantitative estimate of drug-likeness (QED) is 0.314. The fourth-order valence-electron chi connectivity index (χ4n) is 4.74. The van der Waals surface area contributed by atoms with Crippen molar-refractivity contribution in [1.29, 1.82) is 0 Å². The van der Waals surface area contributed by atoms with Crippen molar-refractivity contribution in [2.75, 3.05) is 11.4 Å². The molecule has 39 heavy (non-hydrogen) atoms. The van der Waals surface area contributed by atoms with Gasteiger partial charge in [-0.2, -0.15) is 0 Å². The number of carbonyl (C=O) groups excluding carboxylic acids is 4. The molecule has 4 rings (SSSR count). The van der Waals surface area contributed by atoms with Crippen LogP contribution in [-0.2, 0) is 20.8 Å². The zero-order valence-electron chi connectivity index (χ0n) is 19.9. The van der Waals surface area contributed by atoms with E-state index < -0.39 is 59.9 Å². The van der Waals surface area contributed by atoms with E-state index in [1.165, 1.54) is 29.2 Å². The summed E-state index contributed by atoms with van der Waals surface area (Å²) >= 11 is 11.9. The van der Waals surface area contributed by atoms with Crippen LogP contribution in [0.15, 0.2) is 36.4 Å².